The molecule has 0 radical (unpaired) electrons. The van der Waals surface area contributed by atoms with Crippen LogP contribution in [0.2, 0.25) is 5.15 Å². The first-order valence-corrected chi connectivity index (χ1v) is 4.85. The summed E-state index contributed by atoms with van der Waals surface area (Å²) in [5.41, 5.74) is -0.725. The van der Waals surface area contributed by atoms with Gasteiger partial charge in [0.1, 0.15) is 17.3 Å². The van der Waals surface area contributed by atoms with Crippen LogP contribution in [0.4, 0.5) is 5.82 Å². The second-order valence-electron chi connectivity index (χ2n) is 3.43. The van der Waals surface area contributed by atoms with Crippen LogP contribution >= 0.6 is 11.6 Å². The van der Waals surface area contributed by atoms with Crippen LogP contribution < -0.4 is 5.32 Å². The van der Waals surface area contributed by atoms with Gasteiger partial charge in [0.05, 0.1) is 5.60 Å². The van der Waals surface area contributed by atoms with E-state index >= 15 is 0 Å². The normalized spacial score (nSPS) is 14.9. The fourth-order valence-corrected chi connectivity index (χ4v) is 0.983. The first-order chi connectivity index (χ1) is 6.53. The van der Waals surface area contributed by atoms with Crippen molar-refractivity contribution in [2.45, 2.75) is 25.9 Å². The van der Waals surface area contributed by atoms with Gasteiger partial charge in [-0.25, -0.2) is 9.97 Å². The second kappa shape index (κ2) is 4.57. The number of aromatic nitrogens is 2. The van der Waals surface area contributed by atoms with Gasteiger partial charge in [-0.2, -0.15) is 0 Å². The molecule has 0 aromatic carbocycles. The van der Waals surface area contributed by atoms with E-state index in [-0.39, 0.29) is 0 Å². The number of hydrogen-bond donors (Lipinski definition) is 2. The molecule has 0 saturated heterocycles. The Morgan fingerprint density at radius 2 is 2.29 bits per heavy atom. The van der Waals surface area contributed by atoms with E-state index in [4.69, 9.17) is 11.6 Å². The molecule has 0 fully saturated rings. The van der Waals surface area contributed by atoms with Crippen LogP contribution in [0.25, 0.3) is 0 Å². The number of rotatable bonds is 4. The van der Waals surface area contributed by atoms with E-state index in [1.807, 2.05) is 6.92 Å². The zero-order valence-electron chi connectivity index (χ0n) is 8.29. The van der Waals surface area contributed by atoms with E-state index in [1.54, 1.807) is 13.0 Å². The number of nitrogens with one attached hydrogen (secondary N) is 1. The second-order valence-corrected chi connectivity index (χ2v) is 3.82. The van der Waals surface area contributed by atoms with Gasteiger partial charge in [-0.1, -0.05) is 18.5 Å². The molecule has 0 aliphatic heterocycles. The molecule has 5 heteroatoms. The van der Waals surface area contributed by atoms with Crippen LogP contribution in [0.15, 0.2) is 12.4 Å². The molecule has 0 aliphatic rings. The molecule has 1 atom stereocenters. The van der Waals surface area contributed by atoms with Gasteiger partial charge in [-0.05, 0) is 13.3 Å². The van der Waals surface area contributed by atoms with Crippen molar-refractivity contribution in [3.05, 3.63) is 17.5 Å². The molecule has 1 aromatic rings. The van der Waals surface area contributed by atoms with Crippen LogP contribution in [-0.2, 0) is 0 Å². The Labute approximate surface area is 88.3 Å². The van der Waals surface area contributed by atoms with Gasteiger partial charge in [-0.15, -0.1) is 0 Å². The average Bonchev–Trinajstić information content (AvgIpc) is 2.15. The molecular weight excluding hydrogens is 202 g/mol. The Hall–Kier alpha value is -0.870. The lowest BCUT2D eigenvalue weighted by atomic mass is 10.0. The molecule has 0 spiro atoms. The third-order valence-electron chi connectivity index (χ3n) is 2.05. The molecule has 0 bridgehead atoms. The Kier molecular flexibility index (Phi) is 3.66. The van der Waals surface area contributed by atoms with Crippen molar-refractivity contribution in [1.29, 1.82) is 0 Å². The molecule has 14 heavy (non-hydrogen) atoms. The number of anilines is 1. The van der Waals surface area contributed by atoms with E-state index in [2.05, 4.69) is 15.3 Å². The summed E-state index contributed by atoms with van der Waals surface area (Å²) in [6.07, 6.45) is 2.06. The smallest absolute Gasteiger partial charge is 0.134 e. The summed E-state index contributed by atoms with van der Waals surface area (Å²) in [7, 11) is 0. The molecule has 1 heterocycles. The maximum atomic E-state index is 9.71. The van der Waals surface area contributed by atoms with Crippen LogP contribution in [-0.4, -0.2) is 27.2 Å². The van der Waals surface area contributed by atoms with Crippen molar-refractivity contribution in [2.24, 2.45) is 0 Å². The summed E-state index contributed by atoms with van der Waals surface area (Å²) in [5.74, 6) is 0.624. The molecule has 0 saturated carbocycles. The summed E-state index contributed by atoms with van der Waals surface area (Å²) < 4.78 is 0. The van der Waals surface area contributed by atoms with Gasteiger partial charge in [0.25, 0.3) is 0 Å². The molecule has 1 aromatic heterocycles. The van der Waals surface area contributed by atoms with Crippen molar-refractivity contribution in [3.63, 3.8) is 0 Å². The van der Waals surface area contributed by atoms with E-state index in [0.717, 1.165) is 0 Å². The largest absolute Gasteiger partial charge is 0.388 e. The van der Waals surface area contributed by atoms with E-state index in [9.17, 15) is 5.11 Å². The van der Waals surface area contributed by atoms with Crippen molar-refractivity contribution < 1.29 is 5.11 Å². The van der Waals surface area contributed by atoms with Gasteiger partial charge in [0.15, 0.2) is 0 Å². The molecule has 2 N–H and O–H groups in total. The van der Waals surface area contributed by atoms with Crippen molar-refractivity contribution >= 4 is 17.4 Å². The number of halogens is 1. The minimum atomic E-state index is -0.725. The lowest BCUT2D eigenvalue weighted by Gasteiger charge is -2.21. The topological polar surface area (TPSA) is 58.0 Å². The standard InChI is InChI=1S/C9H14ClN3O/c1-3-9(2,14)5-11-8-4-7(10)12-6-13-8/h4,6,14H,3,5H2,1-2H3,(H,11,12,13). The van der Waals surface area contributed by atoms with Crippen LogP contribution in [0.3, 0.4) is 0 Å². The molecule has 0 amide bonds. The van der Waals surface area contributed by atoms with Gasteiger partial charge >= 0.3 is 0 Å². The quantitative estimate of drug-likeness (QED) is 0.751. The van der Waals surface area contributed by atoms with Crippen molar-refractivity contribution in [1.82, 2.24) is 9.97 Å². The monoisotopic (exact) mass is 215 g/mol. The molecular formula is C9H14ClN3O. The highest BCUT2D eigenvalue weighted by Crippen LogP contribution is 2.12. The van der Waals surface area contributed by atoms with Gasteiger partial charge < -0.3 is 10.4 Å². The number of hydrogen-bond acceptors (Lipinski definition) is 4. The summed E-state index contributed by atoms with van der Waals surface area (Å²) in [6, 6.07) is 1.62. The Balaban J connectivity index is 2.54. The summed E-state index contributed by atoms with van der Waals surface area (Å²) in [5, 5.41) is 13.1. The lowest BCUT2D eigenvalue weighted by Crippen LogP contribution is -2.32. The lowest BCUT2D eigenvalue weighted by molar-refractivity contribution is 0.0696. The Bertz CT molecular complexity index is 304. The molecule has 1 unspecified atom stereocenters. The van der Waals surface area contributed by atoms with Crippen LogP contribution in [0, 0.1) is 0 Å². The Morgan fingerprint density at radius 1 is 1.57 bits per heavy atom. The van der Waals surface area contributed by atoms with Crippen molar-refractivity contribution in [3.8, 4) is 0 Å². The van der Waals surface area contributed by atoms with Crippen LogP contribution in [0.5, 0.6) is 0 Å². The highest BCUT2D eigenvalue weighted by atomic mass is 35.5. The van der Waals surface area contributed by atoms with E-state index in [1.165, 1.54) is 6.33 Å². The zero-order valence-corrected chi connectivity index (χ0v) is 9.04. The minimum Gasteiger partial charge on any atom is -0.388 e. The highest BCUT2D eigenvalue weighted by molar-refractivity contribution is 6.29. The summed E-state index contributed by atoms with van der Waals surface area (Å²) in [6.45, 7) is 4.13. The molecule has 4 nitrogen and oxygen atoms in total. The fourth-order valence-electron chi connectivity index (χ4n) is 0.836. The van der Waals surface area contributed by atoms with Gasteiger partial charge in [0.2, 0.25) is 0 Å². The summed E-state index contributed by atoms with van der Waals surface area (Å²) in [4.78, 5) is 7.72. The predicted molar refractivity (Wildman–Crippen MR) is 56.4 cm³/mol. The Morgan fingerprint density at radius 3 is 2.86 bits per heavy atom. The average molecular weight is 216 g/mol. The highest BCUT2D eigenvalue weighted by Gasteiger charge is 2.16. The molecule has 1 rings (SSSR count). The number of nitrogens with zero attached hydrogens (tertiary/aromatic N) is 2. The van der Waals surface area contributed by atoms with E-state index in [0.29, 0.717) is 23.9 Å². The summed E-state index contributed by atoms with van der Waals surface area (Å²) >= 11 is 5.68. The predicted octanol–water partition coefficient (Wildman–Crippen LogP) is 1.70. The molecule has 0 aliphatic carbocycles. The SMILES string of the molecule is CCC(C)(O)CNc1cc(Cl)ncn1. The van der Waals surface area contributed by atoms with Crippen molar-refractivity contribution in [2.75, 3.05) is 11.9 Å². The molecule has 78 valence electrons. The fraction of sp³-hybridized carbons (Fsp3) is 0.556. The third kappa shape index (κ3) is 3.47. The first-order valence-electron chi connectivity index (χ1n) is 4.47. The minimum absolute atomic E-state index is 0.388. The van der Waals surface area contributed by atoms with Gasteiger partial charge in [-0.3, -0.25) is 0 Å². The zero-order chi connectivity index (χ0) is 10.6. The maximum absolute atomic E-state index is 9.71. The van der Waals surface area contributed by atoms with E-state index < -0.39 is 5.60 Å². The third-order valence-corrected chi connectivity index (χ3v) is 2.25. The van der Waals surface area contributed by atoms with Gasteiger partial charge in [0, 0.05) is 12.6 Å². The number of aliphatic hydroxyl groups is 1. The maximum Gasteiger partial charge on any atom is 0.134 e. The first kappa shape index (κ1) is 11.2. The van der Waals surface area contributed by atoms with Crippen LogP contribution in [0.1, 0.15) is 20.3 Å².